The largest absolute Gasteiger partial charge is 0.228 e. The van der Waals surface area contributed by atoms with Crippen molar-refractivity contribution in [2.75, 3.05) is 0 Å². The van der Waals surface area contributed by atoms with Crippen molar-refractivity contribution in [3.63, 3.8) is 0 Å². The summed E-state index contributed by atoms with van der Waals surface area (Å²) in [5.74, 6) is 0.711. The van der Waals surface area contributed by atoms with Gasteiger partial charge in [0.05, 0.1) is 16.8 Å². The molecule has 0 amide bonds. The number of benzene rings is 8. The zero-order chi connectivity index (χ0) is 35.2. The molecule has 0 radical (unpaired) electrons. The first-order chi connectivity index (χ1) is 26.3. The minimum Gasteiger partial charge on any atom is -0.228 e. The van der Waals surface area contributed by atoms with Crippen molar-refractivity contribution in [1.29, 1.82) is 0 Å². The Morgan fingerprint density at radius 1 is 0.321 bits per heavy atom. The molecule has 0 unspecified atom stereocenters. The maximum atomic E-state index is 5.24. The minimum absolute atomic E-state index is 0.450. The molecule has 0 spiro atoms. The van der Waals surface area contributed by atoms with Crippen LogP contribution in [0.25, 0.3) is 66.9 Å². The van der Waals surface area contributed by atoms with E-state index in [2.05, 4.69) is 200 Å². The summed E-state index contributed by atoms with van der Waals surface area (Å²) in [5, 5.41) is 2.37. The van der Waals surface area contributed by atoms with Crippen molar-refractivity contribution in [1.82, 2.24) is 9.97 Å². The van der Waals surface area contributed by atoms with Crippen molar-refractivity contribution in [3.8, 4) is 56.2 Å². The monoisotopic (exact) mass is 674 g/mol. The Balaban J connectivity index is 1.17. The molecule has 2 heteroatoms. The number of hydrogen-bond donors (Lipinski definition) is 0. The van der Waals surface area contributed by atoms with Gasteiger partial charge in [-0.1, -0.05) is 188 Å². The molecule has 1 aliphatic rings. The molecule has 0 atom stereocenters. The van der Waals surface area contributed by atoms with Crippen molar-refractivity contribution in [2.24, 2.45) is 0 Å². The highest BCUT2D eigenvalue weighted by Gasteiger charge is 2.46. The van der Waals surface area contributed by atoms with E-state index in [0.29, 0.717) is 5.82 Å². The van der Waals surface area contributed by atoms with E-state index in [4.69, 9.17) is 9.97 Å². The van der Waals surface area contributed by atoms with Gasteiger partial charge >= 0.3 is 0 Å². The molecule has 0 N–H and O–H groups in total. The van der Waals surface area contributed by atoms with Crippen molar-refractivity contribution in [2.45, 2.75) is 5.41 Å². The lowest BCUT2D eigenvalue weighted by Gasteiger charge is -2.34. The molecule has 248 valence electrons. The van der Waals surface area contributed by atoms with E-state index in [1.807, 2.05) is 6.07 Å². The Morgan fingerprint density at radius 3 is 1.62 bits per heavy atom. The van der Waals surface area contributed by atoms with Crippen LogP contribution < -0.4 is 0 Å². The average Bonchev–Trinajstić information content (AvgIpc) is 3.55. The maximum absolute atomic E-state index is 5.24. The van der Waals surface area contributed by atoms with Crippen LogP contribution in [-0.2, 0) is 5.41 Å². The van der Waals surface area contributed by atoms with Crippen LogP contribution in [0.15, 0.2) is 206 Å². The summed E-state index contributed by atoms with van der Waals surface area (Å²) in [7, 11) is 0. The quantitative estimate of drug-likeness (QED) is 0.175. The fraction of sp³-hybridized carbons (Fsp3) is 0.0196. The average molecular weight is 675 g/mol. The standard InChI is InChI=1S/C51H34N2/c1-4-17-36(18-5-1)47-34-48(53-50(52-47)40-31-30-35-16-10-11-19-37(35)32-40)39-21-14-20-38(33-39)43-27-15-29-46-49(43)44-26-12-13-28-45(44)51(46,41-22-6-2-7-23-41)42-24-8-3-9-25-42/h1-34H. The Hall–Kier alpha value is -6.90. The van der Waals surface area contributed by atoms with Gasteiger partial charge in [-0.25, -0.2) is 9.97 Å². The van der Waals surface area contributed by atoms with Gasteiger partial charge in [0.15, 0.2) is 5.82 Å². The molecule has 53 heavy (non-hydrogen) atoms. The summed E-state index contributed by atoms with van der Waals surface area (Å²) in [6.07, 6.45) is 0. The molecule has 1 heterocycles. The summed E-state index contributed by atoms with van der Waals surface area (Å²) in [4.78, 5) is 10.4. The molecule has 9 aromatic rings. The van der Waals surface area contributed by atoms with Crippen LogP contribution in [0.1, 0.15) is 22.3 Å². The summed E-state index contributed by atoms with van der Waals surface area (Å²) in [5.41, 5.74) is 14.5. The second kappa shape index (κ2) is 12.7. The van der Waals surface area contributed by atoms with E-state index in [1.165, 1.54) is 49.7 Å². The highest BCUT2D eigenvalue weighted by Crippen LogP contribution is 2.58. The SMILES string of the molecule is c1ccc(-c2cc(-c3cccc(-c4cccc5c4-c4ccccc4C5(c4ccccc4)c4ccccc4)c3)nc(-c3ccc4ccccc4c3)n2)cc1. The zero-order valence-electron chi connectivity index (χ0n) is 29.0. The zero-order valence-corrected chi connectivity index (χ0v) is 29.0. The topological polar surface area (TPSA) is 25.8 Å². The lowest BCUT2D eigenvalue weighted by molar-refractivity contribution is 0.768. The third kappa shape index (κ3) is 5.11. The summed E-state index contributed by atoms with van der Waals surface area (Å²) in [6.45, 7) is 0. The van der Waals surface area contributed by atoms with Crippen LogP contribution >= 0.6 is 0 Å². The van der Waals surface area contributed by atoms with E-state index in [1.54, 1.807) is 0 Å². The number of rotatable bonds is 6. The summed E-state index contributed by atoms with van der Waals surface area (Å²) in [6, 6.07) is 74.0. The first kappa shape index (κ1) is 30.9. The molecule has 1 aromatic heterocycles. The second-order valence-electron chi connectivity index (χ2n) is 13.7. The van der Waals surface area contributed by atoms with Gasteiger partial charge < -0.3 is 0 Å². The molecular formula is C51H34N2. The van der Waals surface area contributed by atoms with Crippen LogP contribution in [0.4, 0.5) is 0 Å². The van der Waals surface area contributed by atoms with Gasteiger partial charge in [-0.3, -0.25) is 0 Å². The van der Waals surface area contributed by atoms with E-state index in [-0.39, 0.29) is 0 Å². The molecule has 0 bridgehead atoms. The molecule has 0 saturated carbocycles. The van der Waals surface area contributed by atoms with E-state index < -0.39 is 5.41 Å². The fourth-order valence-corrected chi connectivity index (χ4v) is 8.39. The Labute approximate surface area is 309 Å². The summed E-state index contributed by atoms with van der Waals surface area (Å²) >= 11 is 0. The van der Waals surface area contributed by atoms with Crippen molar-refractivity contribution in [3.05, 3.63) is 229 Å². The van der Waals surface area contributed by atoms with Crippen molar-refractivity contribution < 1.29 is 0 Å². The van der Waals surface area contributed by atoms with Gasteiger partial charge in [0, 0.05) is 16.7 Å². The van der Waals surface area contributed by atoms with Gasteiger partial charge in [0.25, 0.3) is 0 Å². The normalized spacial score (nSPS) is 12.7. The highest BCUT2D eigenvalue weighted by atomic mass is 14.9. The van der Waals surface area contributed by atoms with Gasteiger partial charge in [-0.05, 0) is 73.5 Å². The third-order valence-electron chi connectivity index (χ3n) is 10.8. The first-order valence-corrected chi connectivity index (χ1v) is 18.2. The Kier molecular flexibility index (Phi) is 7.40. The first-order valence-electron chi connectivity index (χ1n) is 18.2. The summed E-state index contributed by atoms with van der Waals surface area (Å²) < 4.78 is 0. The maximum Gasteiger partial charge on any atom is 0.160 e. The molecule has 0 saturated heterocycles. The van der Waals surface area contributed by atoms with Crippen molar-refractivity contribution >= 4 is 10.8 Å². The lowest BCUT2D eigenvalue weighted by Crippen LogP contribution is -2.28. The lowest BCUT2D eigenvalue weighted by atomic mass is 9.67. The van der Waals surface area contributed by atoms with Gasteiger partial charge in [-0.2, -0.15) is 0 Å². The van der Waals surface area contributed by atoms with E-state index in [0.717, 1.165) is 33.6 Å². The number of nitrogens with zero attached hydrogens (tertiary/aromatic N) is 2. The predicted molar refractivity (Wildman–Crippen MR) is 219 cm³/mol. The number of aromatic nitrogens is 2. The Bertz CT molecular complexity index is 2730. The second-order valence-corrected chi connectivity index (χ2v) is 13.7. The molecular weight excluding hydrogens is 641 g/mol. The predicted octanol–water partition coefficient (Wildman–Crippen LogP) is 12.7. The Morgan fingerprint density at radius 2 is 0.868 bits per heavy atom. The van der Waals surface area contributed by atoms with Gasteiger partial charge in [0.1, 0.15) is 0 Å². The molecule has 10 rings (SSSR count). The smallest absolute Gasteiger partial charge is 0.160 e. The molecule has 0 aliphatic heterocycles. The fourth-order valence-electron chi connectivity index (χ4n) is 8.39. The third-order valence-corrected chi connectivity index (χ3v) is 10.8. The highest BCUT2D eigenvalue weighted by molar-refractivity contribution is 5.96. The molecule has 2 nitrogen and oxygen atoms in total. The van der Waals surface area contributed by atoms with Crippen LogP contribution in [0, 0.1) is 0 Å². The molecule has 8 aromatic carbocycles. The molecule has 1 aliphatic carbocycles. The van der Waals surface area contributed by atoms with E-state index in [9.17, 15) is 0 Å². The number of fused-ring (bicyclic) bond motifs is 4. The van der Waals surface area contributed by atoms with Crippen LogP contribution in [0.3, 0.4) is 0 Å². The van der Waals surface area contributed by atoms with Crippen LogP contribution in [0.5, 0.6) is 0 Å². The molecule has 0 fully saturated rings. The van der Waals surface area contributed by atoms with Crippen LogP contribution in [-0.4, -0.2) is 9.97 Å². The minimum atomic E-state index is -0.450. The van der Waals surface area contributed by atoms with Gasteiger partial charge in [0.2, 0.25) is 0 Å². The van der Waals surface area contributed by atoms with Crippen LogP contribution in [0.2, 0.25) is 0 Å². The van der Waals surface area contributed by atoms with Gasteiger partial charge in [-0.15, -0.1) is 0 Å². The number of hydrogen-bond acceptors (Lipinski definition) is 2. The van der Waals surface area contributed by atoms with E-state index >= 15 is 0 Å².